The Morgan fingerprint density at radius 1 is 0.733 bits per heavy atom. The van der Waals surface area contributed by atoms with Gasteiger partial charge in [-0.05, 0) is 18.2 Å². The largest absolute Gasteiger partial charge is 1.00 e. The van der Waals surface area contributed by atoms with Crippen molar-refractivity contribution in [2.45, 2.75) is 12.4 Å². The Hall–Kier alpha value is -0.910. The van der Waals surface area contributed by atoms with Crippen molar-refractivity contribution in [1.82, 2.24) is 0 Å². The van der Waals surface area contributed by atoms with Crippen LogP contribution >= 0.6 is 0 Å². The number of halogens is 7. The predicted octanol–water partition coefficient (Wildman–Crippen LogP) is 0.728. The molecule has 15 heavy (non-hydrogen) atoms. The molecule has 0 atom stereocenters. The molecule has 0 saturated carbocycles. The van der Waals surface area contributed by atoms with Gasteiger partial charge in [0.15, 0.2) is 0 Å². The summed E-state index contributed by atoms with van der Waals surface area (Å²) in [5.74, 6) is 0. The third kappa shape index (κ3) is 3.62. The molecule has 0 radical (unpaired) electrons. The van der Waals surface area contributed by atoms with Crippen LogP contribution in [0.2, 0.25) is 0 Å². The van der Waals surface area contributed by atoms with E-state index < -0.39 is 23.5 Å². The fourth-order valence-corrected chi connectivity index (χ4v) is 0.872. The highest BCUT2D eigenvalue weighted by molar-refractivity contribution is 5.27. The van der Waals surface area contributed by atoms with E-state index >= 15 is 0 Å². The average molecular weight is 250 g/mol. The van der Waals surface area contributed by atoms with Crippen molar-refractivity contribution in [2.75, 3.05) is 0 Å². The van der Waals surface area contributed by atoms with Crippen molar-refractivity contribution in [2.24, 2.45) is 0 Å². The van der Waals surface area contributed by atoms with Crippen molar-refractivity contribution < 1.29 is 38.7 Å². The van der Waals surface area contributed by atoms with Gasteiger partial charge in [-0.2, -0.15) is 26.3 Å². The molecule has 0 bridgehead atoms. The monoisotopic (exact) mass is 249 g/mol. The summed E-state index contributed by atoms with van der Waals surface area (Å²) in [6.45, 7) is 0. The minimum absolute atomic E-state index is 0. The van der Waals surface area contributed by atoms with Gasteiger partial charge in [-0.3, -0.25) is 0 Å². The Morgan fingerprint density at radius 2 is 1.07 bits per heavy atom. The summed E-state index contributed by atoms with van der Waals surface area (Å²) in [5, 5.41) is 0. The molecule has 0 aliphatic rings. The summed E-state index contributed by atoms with van der Waals surface area (Å²) in [7, 11) is 0. The maximum absolute atomic E-state index is 12.0. The summed E-state index contributed by atoms with van der Waals surface area (Å²) in [5.41, 5.74) is -2.60. The van der Waals surface area contributed by atoms with Gasteiger partial charge in [0.2, 0.25) is 0 Å². The molecule has 7 heteroatoms. The minimum atomic E-state index is -4.75. The van der Waals surface area contributed by atoms with Crippen LogP contribution in [-0.2, 0) is 12.4 Å². The third-order valence-electron chi connectivity index (χ3n) is 1.52. The molecule has 0 fully saturated rings. The zero-order valence-corrected chi connectivity index (χ0v) is 7.71. The van der Waals surface area contributed by atoms with Crippen molar-refractivity contribution >= 4 is 0 Å². The molecule has 0 spiro atoms. The topological polar surface area (TPSA) is 0 Å². The summed E-state index contributed by atoms with van der Waals surface area (Å²) >= 11 is 0. The first-order valence-electron chi connectivity index (χ1n) is 3.46. The number of benzene rings is 1. The Balaban J connectivity index is 0.00000196. The summed E-state index contributed by atoms with van der Waals surface area (Å²) < 4.78 is 71.9. The van der Waals surface area contributed by atoms with Crippen LogP contribution in [0.25, 0.3) is 0 Å². The molecule has 0 N–H and O–H groups in total. The molecule has 0 aromatic heterocycles. The third-order valence-corrected chi connectivity index (χ3v) is 1.52. The van der Waals surface area contributed by atoms with E-state index in [0.717, 1.165) is 6.07 Å². The van der Waals surface area contributed by atoms with E-state index in [9.17, 15) is 26.3 Å². The van der Waals surface area contributed by atoms with E-state index in [2.05, 4.69) is 0 Å². The highest BCUT2D eigenvalue weighted by atomic mass is 35.5. The number of alkyl halides is 6. The lowest BCUT2D eigenvalue weighted by Gasteiger charge is -2.10. The summed E-state index contributed by atoms with van der Waals surface area (Å²) in [6.07, 6.45) is -9.50. The second-order valence-electron chi connectivity index (χ2n) is 2.58. The van der Waals surface area contributed by atoms with Gasteiger partial charge in [-0.15, -0.1) is 0 Å². The SMILES string of the molecule is FC(F)(F)c1cccc(C(F)(F)F)c1.[Cl-]. The van der Waals surface area contributed by atoms with Gasteiger partial charge < -0.3 is 12.4 Å². The van der Waals surface area contributed by atoms with E-state index in [0.29, 0.717) is 12.1 Å². The maximum Gasteiger partial charge on any atom is 0.416 e. The quantitative estimate of drug-likeness (QED) is 0.595. The molecular formula is C8H4ClF6-. The summed E-state index contributed by atoms with van der Waals surface area (Å²) in [4.78, 5) is 0. The van der Waals surface area contributed by atoms with Crippen LogP contribution in [0.4, 0.5) is 26.3 Å². The normalized spacial score (nSPS) is 12.1. The molecule has 1 aromatic rings. The Kier molecular flexibility index (Phi) is 4.04. The van der Waals surface area contributed by atoms with Crippen LogP contribution in [0.15, 0.2) is 24.3 Å². The standard InChI is InChI=1S/C8H4F6.ClH/c9-7(10,11)5-2-1-3-6(4-5)8(12,13)14;/h1-4H;1H/p-1. The maximum atomic E-state index is 12.0. The van der Waals surface area contributed by atoms with Crippen LogP contribution in [0.1, 0.15) is 11.1 Å². The first kappa shape index (κ1) is 14.1. The van der Waals surface area contributed by atoms with Gasteiger partial charge in [0.25, 0.3) is 0 Å². The Bertz CT molecular complexity index is 297. The van der Waals surface area contributed by atoms with Gasteiger partial charge in [0, 0.05) is 0 Å². The molecule has 1 aromatic carbocycles. The van der Waals surface area contributed by atoms with Gasteiger partial charge in [0.05, 0.1) is 11.1 Å². The number of hydrogen-bond acceptors (Lipinski definition) is 0. The van der Waals surface area contributed by atoms with E-state index in [4.69, 9.17) is 0 Å². The first-order valence-corrected chi connectivity index (χ1v) is 3.46. The van der Waals surface area contributed by atoms with Gasteiger partial charge in [-0.1, -0.05) is 6.07 Å². The lowest BCUT2D eigenvalue weighted by Crippen LogP contribution is -3.00. The molecule has 86 valence electrons. The van der Waals surface area contributed by atoms with E-state index in [-0.39, 0.29) is 18.5 Å². The van der Waals surface area contributed by atoms with Gasteiger partial charge in [-0.25, -0.2) is 0 Å². The molecule has 0 saturated heterocycles. The molecule has 0 heterocycles. The lowest BCUT2D eigenvalue weighted by atomic mass is 10.1. The predicted molar refractivity (Wildman–Crippen MR) is 36.4 cm³/mol. The zero-order valence-electron chi connectivity index (χ0n) is 6.96. The first-order chi connectivity index (χ1) is 6.21. The van der Waals surface area contributed by atoms with E-state index in [1.54, 1.807) is 0 Å². The Morgan fingerprint density at radius 3 is 1.33 bits per heavy atom. The van der Waals surface area contributed by atoms with Crippen LogP contribution in [0.3, 0.4) is 0 Å². The fourth-order valence-electron chi connectivity index (χ4n) is 0.872. The minimum Gasteiger partial charge on any atom is -1.00 e. The lowest BCUT2D eigenvalue weighted by molar-refractivity contribution is -0.143. The van der Waals surface area contributed by atoms with E-state index in [1.165, 1.54) is 0 Å². The van der Waals surface area contributed by atoms with Crippen LogP contribution < -0.4 is 12.4 Å². The fraction of sp³-hybridized carbons (Fsp3) is 0.250. The molecular weight excluding hydrogens is 246 g/mol. The van der Waals surface area contributed by atoms with Gasteiger partial charge in [0.1, 0.15) is 0 Å². The van der Waals surface area contributed by atoms with Crippen LogP contribution in [0, 0.1) is 0 Å². The van der Waals surface area contributed by atoms with Crippen LogP contribution in [-0.4, -0.2) is 0 Å². The average Bonchev–Trinajstić information content (AvgIpc) is 2.01. The smallest absolute Gasteiger partial charge is 0.416 e. The molecule has 0 aliphatic carbocycles. The molecule has 1 rings (SSSR count). The molecule has 0 aliphatic heterocycles. The van der Waals surface area contributed by atoms with Gasteiger partial charge >= 0.3 is 12.4 Å². The van der Waals surface area contributed by atoms with Crippen molar-refractivity contribution in [1.29, 1.82) is 0 Å². The Labute approximate surface area is 87.3 Å². The molecule has 0 amide bonds. The second-order valence-corrected chi connectivity index (χ2v) is 2.58. The van der Waals surface area contributed by atoms with Crippen molar-refractivity contribution in [3.8, 4) is 0 Å². The van der Waals surface area contributed by atoms with Crippen molar-refractivity contribution in [3.63, 3.8) is 0 Å². The summed E-state index contributed by atoms with van der Waals surface area (Å²) in [6, 6.07) is 2.00. The molecule has 0 nitrogen and oxygen atoms in total. The molecule has 0 unspecified atom stereocenters. The van der Waals surface area contributed by atoms with Crippen molar-refractivity contribution in [3.05, 3.63) is 35.4 Å². The van der Waals surface area contributed by atoms with E-state index in [1.807, 2.05) is 0 Å². The highest BCUT2D eigenvalue weighted by Crippen LogP contribution is 2.34. The van der Waals surface area contributed by atoms with Crippen LogP contribution in [0.5, 0.6) is 0 Å². The number of rotatable bonds is 0. The zero-order chi connectivity index (χ0) is 11.0. The highest BCUT2D eigenvalue weighted by Gasteiger charge is 2.35. The number of hydrogen-bond donors (Lipinski definition) is 0. The second kappa shape index (κ2) is 4.30.